The van der Waals surface area contributed by atoms with Crippen molar-refractivity contribution in [3.8, 4) is 0 Å². The zero-order valence-corrected chi connectivity index (χ0v) is 12.7. The maximum Gasteiger partial charge on any atom is 0.215 e. The first-order valence-corrected chi connectivity index (χ1v) is 9.91. The highest BCUT2D eigenvalue weighted by Gasteiger charge is 2.32. The van der Waals surface area contributed by atoms with Gasteiger partial charge in [-0.25, -0.2) is 16.8 Å². The Morgan fingerprint density at radius 3 is 2.11 bits per heavy atom. The normalized spacial score (nSPS) is 27.7. The average molecular weight is 311 g/mol. The van der Waals surface area contributed by atoms with E-state index in [1.807, 2.05) is 0 Å². The molecule has 0 spiro atoms. The fourth-order valence-corrected chi connectivity index (χ4v) is 5.09. The Morgan fingerprint density at radius 1 is 1.05 bits per heavy atom. The van der Waals surface area contributed by atoms with E-state index in [2.05, 4.69) is 5.32 Å². The van der Waals surface area contributed by atoms with E-state index >= 15 is 0 Å². The Balaban J connectivity index is 1.92. The summed E-state index contributed by atoms with van der Waals surface area (Å²) in [5.74, 6) is 0.117. The lowest BCUT2D eigenvalue weighted by molar-refractivity contribution is 0.273. The molecular weight excluding hydrogens is 290 g/mol. The molecule has 2 rings (SSSR count). The van der Waals surface area contributed by atoms with E-state index in [1.165, 1.54) is 8.61 Å². The minimum Gasteiger partial charge on any atom is -0.313 e. The van der Waals surface area contributed by atoms with Crippen molar-refractivity contribution in [2.24, 2.45) is 0 Å². The SMILES string of the molecule is CS(=O)(=O)N1CCN(S(=O)(=O)CC2CCCN2)CC1. The summed E-state index contributed by atoms with van der Waals surface area (Å²) in [5.41, 5.74) is 0. The Bertz CT molecular complexity index is 503. The summed E-state index contributed by atoms with van der Waals surface area (Å²) in [5, 5.41) is 3.17. The Labute approximate surface area is 115 Å². The van der Waals surface area contributed by atoms with Crippen LogP contribution in [0.1, 0.15) is 12.8 Å². The fraction of sp³-hybridized carbons (Fsp3) is 1.00. The summed E-state index contributed by atoms with van der Waals surface area (Å²) < 4.78 is 49.9. The first-order valence-electron chi connectivity index (χ1n) is 6.45. The third-order valence-electron chi connectivity index (χ3n) is 3.63. The highest BCUT2D eigenvalue weighted by atomic mass is 32.2. The zero-order chi connectivity index (χ0) is 14.1. The van der Waals surface area contributed by atoms with Gasteiger partial charge in [0.15, 0.2) is 0 Å². The lowest BCUT2D eigenvalue weighted by Crippen LogP contribution is -2.51. The van der Waals surface area contributed by atoms with Crippen LogP contribution in [0.3, 0.4) is 0 Å². The second-order valence-electron chi connectivity index (χ2n) is 5.13. The van der Waals surface area contributed by atoms with Crippen molar-refractivity contribution >= 4 is 20.0 Å². The van der Waals surface area contributed by atoms with Gasteiger partial charge in [0.25, 0.3) is 0 Å². The molecule has 2 aliphatic rings. The Kier molecular flexibility index (Phi) is 4.51. The molecule has 0 aliphatic carbocycles. The molecule has 7 nitrogen and oxygen atoms in total. The molecule has 19 heavy (non-hydrogen) atoms. The first kappa shape index (κ1) is 15.2. The van der Waals surface area contributed by atoms with Gasteiger partial charge in [0, 0.05) is 32.2 Å². The van der Waals surface area contributed by atoms with Crippen molar-refractivity contribution in [2.45, 2.75) is 18.9 Å². The number of hydrogen-bond acceptors (Lipinski definition) is 5. The molecule has 9 heteroatoms. The molecule has 2 aliphatic heterocycles. The lowest BCUT2D eigenvalue weighted by atomic mass is 10.3. The van der Waals surface area contributed by atoms with E-state index < -0.39 is 20.0 Å². The van der Waals surface area contributed by atoms with Crippen LogP contribution in [0.4, 0.5) is 0 Å². The third kappa shape index (κ3) is 3.88. The van der Waals surface area contributed by atoms with Crippen molar-refractivity contribution in [1.29, 1.82) is 0 Å². The standard InChI is InChI=1S/C10H21N3O4S2/c1-18(14,15)12-5-7-13(8-6-12)19(16,17)9-10-3-2-4-11-10/h10-11H,2-9H2,1H3. The number of piperazine rings is 1. The summed E-state index contributed by atoms with van der Waals surface area (Å²) in [7, 11) is -6.50. The number of nitrogens with one attached hydrogen (secondary N) is 1. The smallest absolute Gasteiger partial charge is 0.215 e. The highest BCUT2D eigenvalue weighted by molar-refractivity contribution is 7.89. The van der Waals surface area contributed by atoms with E-state index in [1.54, 1.807) is 0 Å². The van der Waals surface area contributed by atoms with Gasteiger partial charge in [0.2, 0.25) is 20.0 Å². The first-order chi connectivity index (χ1) is 8.79. The quantitative estimate of drug-likeness (QED) is 0.693. The van der Waals surface area contributed by atoms with E-state index in [0.29, 0.717) is 0 Å². The molecule has 2 fully saturated rings. The minimum atomic E-state index is -3.29. The molecule has 0 aromatic rings. The van der Waals surface area contributed by atoms with Gasteiger partial charge in [-0.15, -0.1) is 0 Å². The van der Waals surface area contributed by atoms with Crippen molar-refractivity contribution in [2.75, 3.05) is 44.7 Å². The van der Waals surface area contributed by atoms with E-state index in [0.717, 1.165) is 25.6 Å². The predicted octanol–water partition coefficient (Wildman–Crippen LogP) is -1.35. The second kappa shape index (κ2) is 5.65. The molecule has 0 aromatic heterocycles. The van der Waals surface area contributed by atoms with Crippen molar-refractivity contribution in [3.63, 3.8) is 0 Å². The molecule has 2 saturated heterocycles. The highest BCUT2D eigenvalue weighted by Crippen LogP contribution is 2.14. The molecule has 1 atom stereocenters. The predicted molar refractivity (Wildman–Crippen MR) is 72.8 cm³/mol. The fourth-order valence-electron chi connectivity index (χ4n) is 2.54. The van der Waals surface area contributed by atoms with Gasteiger partial charge in [-0.05, 0) is 19.4 Å². The monoisotopic (exact) mass is 311 g/mol. The van der Waals surface area contributed by atoms with Crippen LogP contribution in [0.25, 0.3) is 0 Å². The van der Waals surface area contributed by atoms with E-state index in [4.69, 9.17) is 0 Å². The third-order valence-corrected chi connectivity index (χ3v) is 6.91. The number of sulfonamides is 2. The van der Waals surface area contributed by atoms with Gasteiger partial charge in [0.1, 0.15) is 0 Å². The van der Waals surface area contributed by atoms with Crippen molar-refractivity contribution in [1.82, 2.24) is 13.9 Å². The number of nitrogens with zero attached hydrogens (tertiary/aromatic N) is 2. The molecule has 1 N–H and O–H groups in total. The lowest BCUT2D eigenvalue weighted by Gasteiger charge is -2.33. The summed E-state index contributed by atoms with van der Waals surface area (Å²) >= 11 is 0. The van der Waals surface area contributed by atoms with Crippen molar-refractivity contribution < 1.29 is 16.8 Å². The largest absolute Gasteiger partial charge is 0.313 e. The van der Waals surface area contributed by atoms with Crippen LogP contribution < -0.4 is 5.32 Å². The van der Waals surface area contributed by atoms with Crippen molar-refractivity contribution in [3.05, 3.63) is 0 Å². The molecule has 0 saturated carbocycles. The topological polar surface area (TPSA) is 86.8 Å². The molecule has 2 heterocycles. The second-order valence-corrected chi connectivity index (χ2v) is 9.13. The summed E-state index contributed by atoms with van der Waals surface area (Å²) in [6.07, 6.45) is 3.06. The van der Waals surface area contributed by atoms with Gasteiger partial charge in [-0.2, -0.15) is 8.61 Å². The van der Waals surface area contributed by atoms with Crippen LogP contribution in [-0.4, -0.2) is 76.2 Å². The van der Waals surface area contributed by atoms with E-state index in [-0.39, 0.29) is 38.0 Å². The summed E-state index contributed by atoms with van der Waals surface area (Å²) in [6.45, 7) is 1.87. The molecule has 112 valence electrons. The molecule has 0 aromatic carbocycles. The molecule has 1 unspecified atom stereocenters. The van der Waals surface area contributed by atoms with Crippen LogP contribution in [0, 0.1) is 0 Å². The van der Waals surface area contributed by atoms with Gasteiger partial charge in [-0.3, -0.25) is 0 Å². The number of hydrogen-bond donors (Lipinski definition) is 1. The van der Waals surface area contributed by atoms with Gasteiger partial charge < -0.3 is 5.32 Å². The van der Waals surface area contributed by atoms with Crippen LogP contribution in [0.15, 0.2) is 0 Å². The Morgan fingerprint density at radius 2 is 1.63 bits per heavy atom. The molecular formula is C10H21N3O4S2. The zero-order valence-electron chi connectivity index (χ0n) is 11.1. The summed E-state index contributed by atoms with van der Waals surface area (Å²) in [6, 6.07) is 0.0398. The number of rotatable bonds is 4. The van der Waals surface area contributed by atoms with Crippen LogP contribution >= 0.6 is 0 Å². The molecule has 0 bridgehead atoms. The Hall–Kier alpha value is -0.220. The van der Waals surface area contributed by atoms with Gasteiger partial charge in [-0.1, -0.05) is 0 Å². The molecule has 0 amide bonds. The van der Waals surface area contributed by atoms with Gasteiger partial charge in [0.05, 0.1) is 12.0 Å². The molecule has 0 radical (unpaired) electrons. The minimum absolute atomic E-state index is 0.0398. The maximum absolute atomic E-state index is 12.2. The van der Waals surface area contributed by atoms with Crippen LogP contribution in [0.2, 0.25) is 0 Å². The average Bonchev–Trinajstić information content (AvgIpc) is 2.80. The van der Waals surface area contributed by atoms with E-state index in [9.17, 15) is 16.8 Å². The summed E-state index contributed by atoms with van der Waals surface area (Å²) in [4.78, 5) is 0. The van der Waals surface area contributed by atoms with Crippen LogP contribution in [-0.2, 0) is 20.0 Å². The van der Waals surface area contributed by atoms with Crippen LogP contribution in [0.5, 0.6) is 0 Å². The maximum atomic E-state index is 12.2. The van der Waals surface area contributed by atoms with Gasteiger partial charge >= 0.3 is 0 Å².